The third-order valence-electron chi connectivity index (χ3n) is 5.00. The highest BCUT2D eigenvalue weighted by molar-refractivity contribution is 6.09. The van der Waals surface area contributed by atoms with E-state index in [1.807, 2.05) is 43.3 Å². The van der Waals surface area contributed by atoms with Crippen LogP contribution in [0, 0.1) is 6.92 Å². The van der Waals surface area contributed by atoms with E-state index in [1.165, 1.54) is 0 Å². The topological polar surface area (TPSA) is 79.5 Å². The highest BCUT2D eigenvalue weighted by Crippen LogP contribution is 2.35. The Kier molecular flexibility index (Phi) is 3.13. The summed E-state index contributed by atoms with van der Waals surface area (Å²) >= 11 is 0. The van der Waals surface area contributed by atoms with Crippen LogP contribution >= 0.6 is 0 Å². The van der Waals surface area contributed by atoms with Crippen molar-refractivity contribution in [3.8, 4) is 0 Å². The molecule has 1 amide bonds. The molecule has 5 heteroatoms. The fourth-order valence-electron chi connectivity index (χ4n) is 3.36. The van der Waals surface area contributed by atoms with Crippen LogP contribution in [0.15, 0.2) is 40.8 Å². The minimum absolute atomic E-state index is 0.189. The molecular formula is C19H17NO4. The lowest BCUT2D eigenvalue weighted by Crippen LogP contribution is -2.59. The maximum absolute atomic E-state index is 12.6. The first-order valence-electron chi connectivity index (χ1n) is 7.99. The van der Waals surface area contributed by atoms with Crippen LogP contribution in [0.2, 0.25) is 0 Å². The van der Waals surface area contributed by atoms with Crippen molar-refractivity contribution in [3.63, 3.8) is 0 Å². The molecule has 4 rings (SSSR count). The van der Waals surface area contributed by atoms with Crippen LogP contribution < -0.4 is 5.32 Å². The fourth-order valence-corrected chi connectivity index (χ4v) is 3.36. The molecule has 5 nitrogen and oxygen atoms in total. The molecule has 0 radical (unpaired) electrons. The van der Waals surface area contributed by atoms with Gasteiger partial charge >= 0.3 is 5.97 Å². The van der Waals surface area contributed by atoms with Gasteiger partial charge in [-0.15, -0.1) is 0 Å². The Balaban J connectivity index is 1.79. The normalized spacial score (nSPS) is 16.0. The number of nitrogens with one attached hydrogen (secondary N) is 1. The fraction of sp³-hybridized carbons (Fsp3) is 0.263. The lowest BCUT2D eigenvalue weighted by Gasteiger charge is -2.37. The summed E-state index contributed by atoms with van der Waals surface area (Å²) in [6, 6.07) is 11.7. The number of fused-ring (bicyclic) bond motifs is 3. The van der Waals surface area contributed by atoms with Gasteiger partial charge < -0.3 is 14.8 Å². The molecule has 0 spiro atoms. The highest BCUT2D eigenvalue weighted by Gasteiger charge is 2.46. The zero-order valence-electron chi connectivity index (χ0n) is 13.3. The molecule has 0 bridgehead atoms. The minimum atomic E-state index is -1.15. The van der Waals surface area contributed by atoms with Gasteiger partial charge in [0.15, 0.2) is 5.76 Å². The zero-order chi connectivity index (χ0) is 16.9. The summed E-state index contributed by atoms with van der Waals surface area (Å²) in [5.41, 5.74) is 0.242. The van der Waals surface area contributed by atoms with Crippen LogP contribution in [-0.2, 0) is 4.79 Å². The SMILES string of the molecule is Cc1c(C(=O)NC2(C(=O)O)CCC2)oc2c1ccc1ccccc12. The van der Waals surface area contributed by atoms with Gasteiger partial charge in [0, 0.05) is 16.3 Å². The van der Waals surface area contributed by atoms with Gasteiger partial charge in [0.1, 0.15) is 11.1 Å². The molecule has 1 aromatic heterocycles. The van der Waals surface area contributed by atoms with Gasteiger partial charge in [-0.1, -0.05) is 36.4 Å². The molecule has 1 heterocycles. The maximum Gasteiger partial charge on any atom is 0.329 e. The van der Waals surface area contributed by atoms with E-state index in [1.54, 1.807) is 0 Å². The number of aliphatic carboxylic acids is 1. The summed E-state index contributed by atoms with van der Waals surface area (Å²) < 4.78 is 5.86. The van der Waals surface area contributed by atoms with Crippen molar-refractivity contribution in [3.05, 3.63) is 47.7 Å². The van der Waals surface area contributed by atoms with Crippen LogP contribution in [0.4, 0.5) is 0 Å². The third-order valence-corrected chi connectivity index (χ3v) is 5.00. The number of hydrogen-bond donors (Lipinski definition) is 2. The van der Waals surface area contributed by atoms with E-state index < -0.39 is 17.4 Å². The van der Waals surface area contributed by atoms with Crippen molar-refractivity contribution in [2.24, 2.45) is 0 Å². The predicted molar refractivity (Wildman–Crippen MR) is 90.1 cm³/mol. The summed E-state index contributed by atoms with van der Waals surface area (Å²) in [6.07, 6.45) is 1.71. The summed E-state index contributed by atoms with van der Waals surface area (Å²) in [5, 5.41) is 14.9. The molecule has 0 unspecified atom stereocenters. The van der Waals surface area contributed by atoms with Crippen molar-refractivity contribution in [1.82, 2.24) is 5.32 Å². The molecule has 0 aliphatic heterocycles. The largest absolute Gasteiger partial charge is 0.480 e. The Morgan fingerprint density at radius 3 is 2.54 bits per heavy atom. The van der Waals surface area contributed by atoms with E-state index in [-0.39, 0.29) is 5.76 Å². The van der Waals surface area contributed by atoms with Crippen molar-refractivity contribution >= 4 is 33.6 Å². The van der Waals surface area contributed by atoms with Gasteiger partial charge in [0.05, 0.1) is 0 Å². The van der Waals surface area contributed by atoms with Crippen molar-refractivity contribution in [1.29, 1.82) is 0 Å². The summed E-state index contributed by atoms with van der Waals surface area (Å²) in [4.78, 5) is 24.1. The quantitative estimate of drug-likeness (QED) is 0.771. The summed E-state index contributed by atoms with van der Waals surface area (Å²) in [5.74, 6) is -1.26. The first-order chi connectivity index (χ1) is 11.5. The Morgan fingerprint density at radius 1 is 1.12 bits per heavy atom. The standard InChI is InChI=1S/C19H17NO4/c1-11-13-8-7-12-5-2-3-6-14(12)16(13)24-15(11)17(21)20-19(18(22)23)9-4-10-19/h2-3,5-8H,4,9-10H2,1H3,(H,20,21)(H,22,23). The zero-order valence-corrected chi connectivity index (χ0v) is 13.3. The second-order valence-corrected chi connectivity index (χ2v) is 6.41. The number of rotatable bonds is 3. The highest BCUT2D eigenvalue weighted by atomic mass is 16.4. The molecular weight excluding hydrogens is 306 g/mol. The number of amides is 1. The van der Waals surface area contributed by atoms with E-state index in [2.05, 4.69) is 5.32 Å². The van der Waals surface area contributed by atoms with E-state index in [4.69, 9.17) is 4.42 Å². The van der Waals surface area contributed by atoms with E-state index in [0.29, 0.717) is 18.4 Å². The summed E-state index contributed by atoms with van der Waals surface area (Å²) in [7, 11) is 0. The molecule has 1 fully saturated rings. The molecule has 2 N–H and O–H groups in total. The Morgan fingerprint density at radius 2 is 1.88 bits per heavy atom. The van der Waals surface area contributed by atoms with Gasteiger partial charge in [0.2, 0.25) is 0 Å². The van der Waals surface area contributed by atoms with Crippen molar-refractivity contribution < 1.29 is 19.1 Å². The number of carbonyl (C=O) groups is 2. The molecule has 0 saturated heterocycles. The van der Waals surface area contributed by atoms with Crippen LogP contribution in [0.3, 0.4) is 0 Å². The van der Waals surface area contributed by atoms with Gasteiger partial charge in [-0.05, 0) is 31.6 Å². The summed E-state index contributed by atoms with van der Waals surface area (Å²) in [6.45, 7) is 1.82. The Labute approximate surface area is 138 Å². The smallest absolute Gasteiger partial charge is 0.329 e. The molecule has 0 atom stereocenters. The van der Waals surface area contributed by atoms with Crippen molar-refractivity contribution in [2.45, 2.75) is 31.7 Å². The molecule has 1 aliphatic rings. The average molecular weight is 323 g/mol. The monoisotopic (exact) mass is 323 g/mol. The number of furan rings is 1. The van der Waals surface area contributed by atoms with E-state index in [9.17, 15) is 14.7 Å². The number of carboxylic acids is 1. The first kappa shape index (κ1) is 14.8. The Hall–Kier alpha value is -2.82. The molecule has 1 saturated carbocycles. The van der Waals surface area contributed by atoms with Crippen LogP contribution in [0.25, 0.3) is 21.7 Å². The second-order valence-electron chi connectivity index (χ2n) is 6.41. The lowest BCUT2D eigenvalue weighted by molar-refractivity contribution is -0.148. The Bertz CT molecular complexity index is 982. The molecule has 122 valence electrons. The molecule has 2 aromatic carbocycles. The second kappa shape index (κ2) is 5.09. The van der Waals surface area contributed by atoms with Crippen LogP contribution in [-0.4, -0.2) is 22.5 Å². The predicted octanol–water partition coefficient (Wildman–Crippen LogP) is 3.63. The first-order valence-corrected chi connectivity index (χ1v) is 7.99. The number of carboxylic acid groups (broad SMARTS) is 1. The van der Waals surface area contributed by atoms with Gasteiger partial charge in [-0.2, -0.15) is 0 Å². The minimum Gasteiger partial charge on any atom is -0.480 e. The molecule has 1 aliphatic carbocycles. The molecule has 24 heavy (non-hydrogen) atoms. The lowest BCUT2D eigenvalue weighted by atomic mass is 9.76. The number of carbonyl (C=O) groups excluding carboxylic acids is 1. The number of aryl methyl sites for hydroxylation is 1. The third kappa shape index (κ3) is 2.01. The van der Waals surface area contributed by atoms with Gasteiger partial charge in [-0.25, -0.2) is 4.79 Å². The van der Waals surface area contributed by atoms with Crippen LogP contribution in [0.1, 0.15) is 35.4 Å². The maximum atomic E-state index is 12.6. The van der Waals surface area contributed by atoms with Crippen molar-refractivity contribution in [2.75, 3.05) is 0 Å². The molecule has 3 aromatic rings. The van der Waals surface area contributed by atoms with E-state index >= 15 is 0 Å². The number of hydrogen-bond acceptors (Lipinski definition) is 3. The van der Waals surface area contributed by atoms with E-state index in [0.717, 1.165) is 28.1 Å². The average Bonchev–Trinajstić information content (AvgIpc) is 2.88. The van der Waals surface area contributed by atoms with Gasteiger partial charge in [0.25, 0.3) is 5.91 Å². The van der Waals surface area contributed by atoms with Crippen LogP contribution in [0.5, 0.6) is 0 Å². The van der Waals surface area contributed by atoms with Gasteiger partial charge in [-0.3, -0.25) is 4.79 Å². The number of benzene rings is 2.